The van der Waals surface area contributed by atoms with E-state index in [1.807, 2.05) is 36.4 Å². The van der Waals surface area contributed by atoms with E-state index in [9.17, 15) is 0 Å². The molecule has 0 radical (unpaired) electrons. The lowest BCUT2D eigenvalue weighted by molar-refractivity contribution is 1.07. The highest BCUT2D eigenvalue weighted by Gasteiger charge is 2.24. The highest BCUT2D eigenvalue weighted by molar-refractivity contribution is 6.15. The van der Waals surface area contributed by atoms with Gasteiger partial charge in [0, 0.05) is 55.4 Å². The van der Waals surface area contributed by atoms with Gasteiger partial charge in [-0.3, -0.25) is 17.9 Å². The van der Waals surface area contributed by atoms with E-state index in [1.165, 1.54) is 10.8 Å². The summed E-state index contributed by atoms with van der Waals surface area (Å²) in [5.74, 6) is 1.83. The topological polar surface area (TPSA) is 70.2 Å². The van der Waals surface area contributed by atoms with Crippen molar-refractivity contribution in [1.29, 1.82) is 0 Å². The van der Waals surface area contributed by atoms with Gasteiger partial charge < -0.3 is 0 Å². The summed E-state index contributed by atoms with van der Waals surface area (Å²) in [6.45, 7) is 8.32. The van der Waals surface area contributed by atoms with Gasteiger partial charge >= 0.3 is 0 Å². The summed E-state index contributed by atoms with van der Waals surface area (Å²) in [6, 6.07) is 106. The van der Waals surface area contributed by atoms with Gasteiger partial charge in [0.2, 0.25) is 0 Å². The van der Waals surface area contributed by atoms with Crippen LogP contribution in [0.25, 0.3) is 168 Å². The minimum Gasteiger partial charge on any atom is -0.292 e. The lowest BCUT2D eigenvalue weighted by Gasteiger charge is -2.14. The van der Waals surface area contributed by atoms with Gasteiger partial charge in [0.1, 0.15) is 22.9 Å². The van der Waals surface area contributed by atoms with Crippen LogP contribution in [0.3, 0.4) is 0 Å². The fourth-order valence-corrected chi connectivity index (χ4v) is 13.5. The quantitative estimate of drug-likeness (QED) is 0.128. The van der Waals surface area contributed by atoms with E-state index in [0.717, 1.165) is 156 Å². The molecule has 432 valence electrons. The lowest BCUT2D eigenvalue weighted by atomic mass is 9.97. The maximum absolute atomic E-state index is 5.38. The van der Waals surface area contributed by atoms with E-state index in [1.54, 1.807) is 0 Å². The van der Waals surface area contributed by atoms with E-state index in [4.69, 9.17) is 19.9 Å². The molecule has 0 saturated heterocycles. The predicted octanol–water partition coefficient (Wildman–Crippen LogP) is 21.2. The van der Waals surface area contributed by atoms with E-state index in [-0.39, 0.29) is 0 Å². The molecule has 0 N–H and O–H groups in total. The Hall–Kier alpha value is -12.5. The third kappa shape index (κ3) is 8.91. The molecule has 0 unspecified atom stereocenters. The van der Waals surface area contributed by atoms with Crippen LogP contribution in [0.4, 0.5) is 0 Å². The normalized spacial score (nSPS) is 11.6. The molecule has 0 bridgehead atoms. The molecule has 12 aromatic carbocycles. The molecule has 0 aliphatic carbocycles. The van der Waals surface area contributed by atoms with Crippen LogP contribution in [0.5, 0.6) is 0 Å². The van der Waals surface area contributed by atoms with Crippen molar-refractivity contribution in [1.82, 2.24) is 37.9 Å². The third-order valence-electron chi connectivity index (χ3n) is 17.8. The molecule has 6 aromatic heterocycles. The summed E-state index contributed by atoms with van der Waals surface area (Å²) in [5.41, 5.74) is 24.4. The Labute approximate surface area is 530 Å². The maximum Gasteiger partial charge on any atom is 0.146 e. The van der Waals surface area contributed by atoms with Crippen LogP contribution in [0.2, 0.25) is 0 Å². The fraction of sp³-hybridized carbons (Fsp3) is 0. The molecule has 8 heteroatoms. The van der Waals surface area contributed by atoms with Gasteiger partial charge in [-0.2, -0.15) is 0 Å². The average Bonchev–Trinajstić information content (AvgIpc) is 1.50. The number of aromatic nitrogens is 8. The average molecular weight is 1180 g/mol. The van der Waals surface area contributed by atoms with Crippen LogP contribution in [-0.2, 0) is 0 Å². The Morgan fingerprint density at radius 3 is 1.33 bits per heavy atom. The van der Waals surface area contributed by atoms with Crippen LogP contribution < -0.4 is 0 Å². The second-order valence-corrected chi connectivity index (χ2v) is 23.0. The first kappa shape index (κ1) is 53.7. The van der Waals surface area contributed by atoms with Gasteiger partial charge in [-0.1, -0.05) is 232 Å². The van der Waals surface area contributed by atoms with E-state index in [2.05, 4.69) is 310 Å². The molecule has 0 aliphatic rings. The number of hydrogen-bond acceptors (Lipinski definition) is 4. The Bertz CT molecular complexity index is 5880. The van der Waals surface area contributed by atoms with Gasteiger partial charge in [-0.25, -0.2) is 19.9 Å². The van der Waals surface area contributed by atoms with Gasteiger partial charge in [0.25, 0.3) is 0 Å². The SMILES string of the molecule is C=Cc1c(C=C)n2c3ccccc3nc2c2ccc(-c3ccc(-n4c(-c5ccccc5)nc5ccccc54)cc3)cc12.c1ccc(-c2nc(-c3ccc(-c4ccc5c(c4)c4ccccc4n4c6ccccc6nc54)cc3)n(-c3ccccc3)c2-c2ccccc2)cc1. The first-order valence-corrected chi connectivity index (χ1v) is 30.9. The number of para-hydroxylation sites is 8. The van der Waals surface area contributed by atoms with Crippen LogP contribution in [0, 0.1) is 0 Å². The largest absolute Gasteiger partial charge is 0.292 e. The zero-order chi connectivity index (χ0) is 61.2. The molecular formula is C84H56N8. The minimum atomic E-state index is 0.902. The van der Waals surface area contributed by atoms with Gasteiger partial charge in [-0.15, -0.1) is 0 Å². The number of nitrogens with zero attached hydrogens (tertiary/aromatic N) is 8. The Kier molecular flexibility index (Phi) is 13.0. The van der Waals surface area contributed by atoms with Crippen molar-refractivity contribution >= 4 is 89.0 Å². The molecule has 18 rings (SSSR count). The van der Waals surface area contributed by atoms with Gasteiger partial charge in [0.05, 0.1) is 55.7 Å². The van der Waals surface area contributed by atoms with Crippen molar-refractivity contribution < 1.29 is 0 Å². The van der Waals surface area contributed by atoms with Crippen LogP contribution in [-0.4, -0.2) is 37.9 Å². The molecule has 8 nitrogen and oxygen atoms in total. The second-order valence-electron chi connectivity index (χ2n) is 23.0. The number of imidazole rings is 4. The Morgan fingerprint density at radius 1 is 0.272 bits per heavy atom. The molecule has 0 atom stereocenters. The van der Waals surface area contributed by atoms with Crippen molar-refractivity contribution in [3.8, 4) is 78.9 Å². The van der Waals surface area contributed by atoms with Crippen molar-refractivity contribution in [2.75, 3.05) is 0 Å². The van der Waals surface area contributed by atoms with Gasteiger partial charge in [-0.05, 0) is 130 Å². The molecule has 0 spiro atoms. The molecular weight excluding hydrogens is 1120 g/mol. The Balaban J connectivity index is 0.000000143. The first-order valence-electron chi connectivity index (χ1n) is 30.9. The number of hydrogen-bond donors (Lipinski definition) is 0. The second kappa shape index (κ2) is 22.3. The summed E-state index contributed by atoms with van der Waals surface area (Å²) in [6.07, 6.45) is 3.83. The molecule has 6 heterocycles. The summed E-state index contributed by atoms with van der Waals surface area (Å²) in [7, 11) is 0. The standard InChI is InChI=1S/C46H30N4.C38H26N4/c1-4-14-32(15-5-1)43-44(33-16-6-2-7-17-33)49(36-18-8-3-9-19-36)45(48-43)34-26-24-31(25-27-34)35-28-29-38-39(30-35)37-20-10-12-22-41(37)50-42-23-13-11-21-40(42)47-46(38)50;1-3-29-31-24-27(20-23-30(31)38-40-33-15-9-11-17-36(33)42(38)34(29)4-2)25-18-21-28(22-19-25)41-35-16-10-8-14-32(35)39-37(41)26-12-6-5-7-13-26/h1-30H;3-24H,1-2H2. The summed E-state index contributed by atoms with van der Waals surface area (Å²) >= 11 is 0. The molecule has 18 aromatic rings. The smallest absolute Gasteiger partial charge is 0.146 e. The molecule has 92 heavy (non-hydrogen) atoms. The first-order chi connectivity index (χ1) is 45.6. The fourth-order valence-electron chi connectivity index (χ4n) is 13.5. The Morgan fingerprint density at radius 2 is 0.707 bits per heavy atom. The number of fused-ring (bicyclic) bond motifs is 14. The summed E-state index contributed by atoms with van der Waals surface area (Å²) in [5, 5.41) is 5.75. The van der Waals surface area contributed by atoms with Crippen molar-refractivity contribution in [2.45, 2.75) is 0 Å². The molecule has 0 aliphatic heterocycles. The highest BCUT2D eigenvalue weighted by atomic mass is 15.1. The molecule has 0 fully saturated rings. The minimum absolute atomic E-state index is 0.902. The van der Waals surface area contributed by atoms with E-state index in [0.29, 0.717) is 0 Å². The van der Waals surface area contributed by atoms with E-state index < -0.39 is 0 Å². The number of pyridine rings is 2. The third-order valence-corrected chi connectivity index (χ3v) is 17.8. The maximum atomic E-state index is 5.38. The monoisotopic (exact) mass is 1180 g/mol. The predicted molar refractivity (Wildman–Crippen MR) is 382 cm³/mol. The molecule has 0 saturated carbocycles. The van der Waals surface area contributed by atoms with E-state index >= 15 is 0 Å². The van der Waals surface area contributed by atoms with Crippen LogP contribution in [0.1, 0.15) is 11.3 Å². The summed E-state index contributed by atoms with van der Waals surface area (Å²) < 4.78 is 9.02. The van der Waals surface area contributed by atoms with Crippen molar-refractivity contribution in [2.24, 2.45) is 0 Å². The van der Waals surface area contributed by atoms with Crippen LogP contribution >= 0.6 is 0 Å². The summed E-state index contributed by atoms with van der Waals surface area (Å²) in [4.78, 5) is 20.4. The molecule has 0 amide bonds. The van der Waals surface area contributed by atoms with Crippen molar-refractivity contribution in [3.05, 3.63) is 328 Å². The zero-order valence-electron chi connectivity index (χ0n) is 50.0. The van der Waals surface area contributed by atoms with Gasteiger partial charge in [0.15, 0.2) is 0 Å². The van der Waals surface area contributed by atoms with Crippen LogP contribution in [0.15, 0.2) is 316 Å². The lowest BCUT2D eigenvalue weighted by Crippen LogP contribution is -2.00. The number of rotatable bonds is 10. The number of benzene rings is 12. The van der Waals surface area contributed by atoms with Crippen molar-refractivity contribution in [3.63, 3.8) is 0 Å². The highest BCUT2D eigenvalue weighted by Crippen LogP contribution is 2.42. The zero-order valence-corrected chi connectivity index (χ0v) is 50.0.